The van der Waals surface area contributed by atoms with Crippen molar-refractivity contribution >= 4 is 17.7 Å². The van der Waals surface area contributed by atoms with Gasteiger partial charge in [0.2, 0.25) is 5.91 Å². The molecule has 1 rings (SSSR count). The third kappa shape index (κ3) is 5.88. The first kappa shape index (κ1) is 16.2. The summed E-state index contributed by atoms with van der Waals surface area (Å²) in [6.45, 7) is 3.24. The van der Waals surface area contributed by atoms with Crippen molar-refractivity contribution < 1.29 is 48.9 Å². The summed E-state index contributed by atoms with van der Waals surface area (Å²) >= 11 is 1.69. The zero-order chi connectivity index (χ0) is 10.4. The normalized spacial score (nSPS) is 18.1. The topological polar surface area (TPSA) is 56.1 Å². The van der Waals surface area contributed by atoms with E-state index in [2.05, 4.69) is 5.32 Å². The van der Waals surface area contributed by atoms with Gasteiger partial charge in [-0.2, -0.15) is 11.8 Å². The number of amides is 1. The van der Waals surface area contributed by atoms with Crippen LogP contribution in [0.15, 0.2) is 0 Å². The van der Waals surface area contributed by atoms with Gasteiger partial charge in [0.15, 0.2) is 0 Å². The van der Waals surface area contributed by atoms with Crippen LogP contribution >= 0.6 is 11.8 Å². The molecule has 1 radical (unpaired) electrons. The van der Waals surface area contributed by atoms with Gasteiger partial charge < -0.3 is 16.0 Å². The van der Waals surface area contributed by atoms with Gasteiger partial charge >= 0.3 is 0 Å². The van der Waals surface area contributed by atoms with Crippen LogP contribution in [0.5, 0.6) is 0 Å². The molecule has 0 aromatic rings. The van der Waals surface area contributed by atoms with Crippen molar-refractivity contribution in [3.05, 3.63) is 5.73 Å². The number of piperazine rings is 1. The molecule has 2 N–H and O–H groups in total. The summed E-state index contributed by atoms with van der Waals surface area (Å²) in [6, 6.07) is -0.555. The van der Waals surface area contributed by atoms with E-state index in [9.17, 15) is 4.79 Å². The van der Waals surface area contributed by atoms with Crippen molar-refractivity contribution in [1.82, 2.24) is 10.2 Å². The van der Waals surface area contributed by atoms with Crippen LogP contribution in [0.1, 0.15) is 6.42 Å². The van der Waals surface area contributed by atoms with E-state index in [0.717, 1.165) is 31.9 Å². The summed E-state index contributed by atoms with van der Waals surface area (Å²) in [5, 5.41) is 3.19. The summed E-state index contributed by atoms with van der Waals surface area (Å²) in [7, 11) is 0. The van der Waals surface area contributed by atoms with E-state index < -0.39 is 6.04 Å². The molecule has 1 heterocycles. The predicted octanol–water partition coefficient (Wildman–Crippen LogP) is 0.592. The summed E-state index contributed by atoms with van der Waals surface area (Å²) in [4.78, 5) is 13.5. The molecule has 6 heteroatoms. The first-order valence-corrected chi connectivity index (χ1v) is 6.34. The van der Waals surface area contributed by atoms with E-state index in [4.69, 9.17) is 5.73 Å². The molecular weight excluding hydrogens is 425 g/mol. The number of nitrogens with one attached hydrogen (secondary N) is 2. The van der Waals surface area contributed by atoms with E-state index in [1.54, 1.807) is 16.7 Å². The molecule has 0 aliphatic carbocycles. The minimum absolute atomic E-state index is 0. The second kappa shape index (κ2) is 9.24. The van der Waals surface area contributed by atoms with Crippen molar-refractivity contribution in [2.24, 2.45) is 0 Å². The van der Waals surface area contributed by atoms with Crippen molar-refractivity contribution in [3.8, 4) is 0 Å². The van der Waals surface area contributed by atoms with E-state index >= 15 is 0 Å². The van der Waals surface area contributed by atoms with Crippen molar-refractivity contribution in [2.45, 2.75) is 12.5 Å². The minimum Gasteiger partial charge on any atom is -0.667 e. The predicted molar refractivity (Wildman–Crippen MR) is 60.6 cm³/mol. The maximum atomic E-state index is 11.7. The first-order chi connectivity index (χ1) is 6.75. The van der Waals surface area contributed by atoms with Crippen LogP contribution in [0.2, 0.25) is 0 Å². The summed E-state index contributed by atoms with van der Waals surface area (Å²) in [6.07, 6.45) is 2.67. The van der Waals surface area contributed by atoms with Gasteiger partial charge in [-0.3, -0.25) is 4.79 Å². The Morgan fingerprint density at radius 3 is 2.67 bits per heavy atom. The standard InChI is InChI=1S/C9H18N3OS.Ac/c1-14-7-2-8(10)9(13)12-5-3-11-4-6-12;/h8,10-11H,2-7H2,1H3;/q-1;. The molecule has 0 saturated carbocycles. The van der Waals surface area contributed by atoms with E-state index in [1.807, 2.05) is 6.26 Å². The zero-order valence-corrected chi connectivity index (χ0v) is 14.7. The number of carbonyl (C=O) groups is 1. The molecule has 1 atom stereocenters. The SMILES string of the molecule is CSCCC([NH-])C(=O)N1CCNCC1.[Ac]. The van der Waals surface area contributed by atoms with Crippen molar-refractivity contribution in [1.29, 1.82) is 0 Å². The van der Waals surface area contributed by atoms with E-state index in [-0.39, 0.29) is 50.0 Å². The number of carbonyl (C=O) groups excluding carboxylic acids is 1. The van der Waals surface area contributed by atoms with Gasteiger partial charge in [-0.25, -0.2) is 0 Å². The average Bonchev–Trinajstić information content (AvgIpc) is 2.26. The molecule has 0 spiro atoms. The molecule has 15 heavy (non-hydrogen) atoms. The Balaban J connectivity index is 0.00000196. The Morgan fingerprint density at radius 2 is 2.13 bits per heavy atom. The molecule has 0 aromatic heterocycles. The minimum atomic E-state index is -0.555. The van der Waals surface area contributed by atoms with Crippen LogP contribution in [0.3, 0.4) is 0 Å². The summed E-state index contributed by atoms with van der Waals surface area (Å²) < 4.78 is 0. The maximum Gasteiger partial charge on any atom is 0.204 e. The number of thioether (sulfide) groups is 1. The van der Waals surface area contributed by atoms with Gasteiger partial charge in [0.05, 0.1) is 0 Å². The quantitative estimate of drug-likeness (QED) is 0.693. The second-order valence-electron chi connectivity index (χ2n) is 3.41. The molecule has 0 aromatic carbocycles. The van der Waals surface area contributed by atoms with Gasteiger partial charge in [0.25, 0.3) is 0 Å². The molecule has 85 valence electrons. The summed E-state index contributed by atoms with van der Waals surface area (Å²) in [5.74, 6) is 0.895. The molecule has 1 amide bonds. The van der Waals surface area contributed by atoms with Gasteiger partial charge in [-0.05, 0) is 12.0 Å². The number of hydrogen-bond acceptors (Lipinski definition) is 3. The molecule has 0 bridgehead atoms. The fourth-order valence-electron chi connectivity index (χ4n) is 1.46. The van der Waals surface area contributed by atoms with Crippen LogP contribution in [-0.2, 0) is 4.79 Å². The molecule has 4 nitrogen and oxygen atoms in total. The van der Waals surface area contributed by atoms with Gasteiger partial charge in [0, 0.05) is 70.2 Å². The number of rotatable bonds is 4. The smallest absolute Gasteiger partial charge is 0.204 e. The number of nitrogens with zero attached hydrogens (tertiary/aromatic N) is 1. The Bertz CT molecular complexity index is 188. The Kier molecular flexibility index (Phi) is 9.96. The fraction of sp³-hybridized carbons (Fsp3) is 0.889. The van der Waals surface area contributed by atoms with E-state index in [1.165, 1.54) is 0 Å². The van der Waals surface area contributed by atoms with Crippen LogP contribution < -0.4 is 5.32 Å². The molecule has 1 saturated heterocycles. The molecule has 1 aliphatic heterocycles. The maximum absolute atomic E-state index is 11.7. The Hall–Kier alpha value is 1.18. The third-order valence-electron chi connectivity index (χ3n) is 2.34. The molecule has 1 aliphatic rings. The molecule has 1 fully saturated rings. The second-order valence-corrected chi connectivity index (χ2v) is 4.39. The molecular formula is C9H18AcN3OS-. The summed E-state index contributed by atoms with van der Waals surface area (Å²) in [5.41, 5.74) is 7.69. The van der Waals surface area contributed by atoms with Crippen LogP contribution in [0.25, 0.3) is 5.73 Å². The number of hydrogen-bond donors (Lipinski definition) is 1. The Morgan fingerprint density at radius 1 is 1.53 bits per heavy atom. The van der Waals surface area contributed by atoms with Gasteiger partial charge in [-0.15, -0.1) is 0 Å². The van der Waals surface area contributed by atoms with Crippen LogP contribution in [0, 0.1) is 44.1 Å². The van der Waals surface area contributed by atoms with Crippen LogP contribution in [0.4, 0.5) is 0 Å². The van der Waals surface area contributed by atoms with Crippen molar-refractivity contribution in [2.75, 3.05) is 38.2 Å². The first-order valence-electron chi connectivity index (χ1n) is 4.95. The van der Waals surface area contributed by atoms with Crippen molar-refractivity contribution in [3.63, 3.8) is 0 Å². The zero-order valence-electron chi connectivity index (χ0n) is 9.16. The van der Waals surface area contributed by atoms with Gasteiger partial charge in [-0.1, -0.05) is 12.5 Å². The fourth-order valence-corrected chi connectivity index (χ4v) is 1.94. The van der Waals surface area contributed by atoms with Crippen LogP contribution in [-0.4, -0.2) is 55.0 Å². The Labute approximate surface area is 132 Å². The monoisotopic (exact) mass is 443 g/mol. The largest absolute Gasteiger partial charge is 0.667 e. The van der Waals surface area contributed by atoms with Gasteiger partial charge in [0.1, 0.15) is 0 Å². The average molecular weight is 443 g/mol. The van der Waals surface area contributed by atoms with E-state index in [0.29, 0.717) is 6.42 Å². The third-order valence-corrected chi connectivity index (χ3v) is 2.98. The molecule has 1 unspecified atom stereocenters.